The molecular weight excluding hydrogens is 1720 g/mol. The van der Waals surface area contributed by atoms with Gasteiger partial charge in [0.15, 0.2) is 46.6 Å². The quantitative estimate of drug-likeness (QED) is 0.0261. The van der Waals surface area contributed by atoms with Gasteiger partial charge in [0.2, 0.25) is 33.3 Å². The van der Waals surface area contributed by atoms with Gasteiger partial charge in [-0.15, -0.1) is 26.3 Å². The van der Waals surface area contributed by atoms with Crippen LogP contribution in [0, 0.1) is 45.3 Å². The Kier molecular flexibility index (Phi) is 29.4. The lowest BCUT2D eigenvalue weighted by atomic mass is 10.0. The molecule has 26 heteroatoms. The van der Waals surface area contributed by atoms with Crippen molar-refractivity contribution in [2.24, 2.45) is 0 Å². The van der Waals surface area contributed by atoms with E-state index in [0.717, 1.165) is 91.7 Å². The number of fused-ring (bicyclic) bond motifs is 40. The van der Waals surface area contributed by atoms with Crippen LogP contribution in [0.1, 0.15) is 178 Å². The van der Waals surface area contributed by atoms with Gasteiger partial charge in [-0.1, -0.05) is 271 Å². The molecule has 0 spiro atoms. The lowest BCUT2D eigenvalue weighted by Gasteiger charge is -2.36. The van der Waals surface area contributed by atoms with Crippen LogP contribution in [0.25, 0.3) is 179 Å². The van der Waals surface area contributed by atoms with Crippen molar-refractivity contribution in [2.75, 3.05) is 0 Å². The van der Waals surface area contributed by atoms with E-state index >= 15 is 0 Å². The predicted molar refractivity (Wildman–Crippen MR) is 555 cm³/mol. The SMILES string of the molecule is C=C(CCCCCC)[Si](C)(C)O[Si](C)(C)C(=C)CCCCCC.C=C(CCCCCC)[Si](C)(C)O[Si](C)(C)C(=C)CCCCCC.N#Cc1cc2c3nc4nc(nc5[nH]c(nc6nc(nc([nH]3)c2cc1C#N)-c1ccccc1-6)c1ccccc51)-c1ccccc1-4.N#Cc1cc2c3nc4nc(nc5[nH]c(nc6nc(nc([nH]3)c2cc1C#N)-c1ccccc1-6)c1ccccc51)-c1ccccc1-4. The van der Waals surface area contributed by atoms with E-state index in [1.54, 1.807) is 24.3 Å². The number of benzene rings is 8. The average molecular weight is 1840 g/mol. The van der Waals surface area contributed by atoms with E-state index in [1.165, 1.54) is 124 Å². The average Bonchev–Trinajstić information content (AvgIpc) is 1.60. The number of aromatic nitrogens is 16. The Morgan fingerprint density at radius 1 is 0.246 bits per heavy atom. The molecule has 6 aromatic heterocycles. The molecule has 0 atom stereocenters. The molecule has 8 aromatic carbocycles. The molecule has 16 bridgehead atoms. The van der Waals surface area contributed by atoms with Crippen LogP contribution in [0.5, 0.6) is 0 Å². The van der Waals surface area contributed by atoms with Crippen LogP contribution in [-0.4, -0.2) is 113 Å². The number of hydrogen-bond donors (Lipinski definition) is 4. The maximum absolute atomic E-state index is 9.79. The van der Waals surface area contributed by atoms with Gasteiger partial charge >= 0.3 is 0 Å². The Labute approximate surface area is 788 Å². The first-order valence-corrected chi connectivity index (χ1v) is 58.6. The third-order valence-electron chi connectivity index (χ3n) is 25.6. The second-order valence-electron chi connectivity index (χ2n) is 36.7. The second kappa shape index (κ2) is 41.5. The zero-order valence-electron chi connectivity index (χ0n) is 79.1. The summed E-state index contributed by atoms with van der Waals surface area (Å²) in [6, 6.07) is 62.2. The van der Waals surface area contributed by atoms with Gasteiger partial charge in [-0.3, -0.25) is 0 Å². The maximum atomic E-state index is 9.79. The van der Waals surface area contributed by atoms with Crippen molar-refractivity contribution in [1.82, 2.24) is 79.7 Å². The molecule has 0 fully saturated rings. The highest BCUT2D eigenvalue weighted by molar-refractivity contribution is 6.92. The molecule has 14 aromatic rings. The van der Waals surface area contributed by atoms with Gasteiger partial charge in [0.25, 0.3) is 0 Å². The van der Waals surface area contributed by atoms with Crippen LogP contribution >= 0.6 is 0 Å². The smallest absolute Gasteiger partial charge is 0.201 e. The normalized spacial score (nSPS) is 11.9. The molecule has 0 unspecified atom stereocenters. The van der Waals surface area contributed by atoms with Gasteiger partial charge in [0, 0.05) is 87.6 Å². The van der Waals surface area contributed by atoms with E-state index < -0.39 is 33.3 Å². The highest BCUT2D eigenvalue weighted by atomic mass is 28.4. The van der Waals surface area contributed by atoms with Gasteiger partial charge in [-0.05, 0) is 128 Å². The van der Waals surface area contributed by atoms with E-state index in [-0.39, 0.29) is 22.3 Å². The number of nitrogens with zero attached hydrogens (tertiary/aromatic N) is 16. The molecule has 4 N–H and O–H groups in total. The minimum absolute atomic E-state index is 0.246. The highest BCUT2D eigenvalue weighted by Gasteiger charge is 2.39. The summed E-state index contributed by atoms with van der Waals surface area (Å²) in [4.78, 5) is 72.7. The fourth-order valence-electron chi connectivity index (χ4n) is 17.6. The van der Waals surface area contributed by atoms with E-state index in [0.29, 0.717) is 113 Å². The van der Waals surface area contributed by atoms with Crippen molar-refractivity contribution < 1.29 is 8.23 Å². The molecule has 0 saturated carbocycles. The number of H-pyrrole nitrogens is 4. The Bertz CT molecular complexity index is 6610. The predicted octanol–water partition coefficient (Wildman–Crippen LogP) is 28.3. The van der Waals surface area contributed by atoms with Crippen LogP contribution in [0.15, 0.2) is 217 Å². The van der Waals surface area contributed by atoms with Gasteiger partial charge in [0.05, 0.1) is 22.3 Å². The van der Waals surface area contributed by atoms with Gasteiger partial charge in [-0.2, -0.15) is 21.0 Å². The van der Waals surface area contributed by atoms with Crippen molar-refractivity contribution in [2.45, 2.75) is 208 Å². The van der Waals surface area contributed by atoms with Crippen molar-refractivity contribution in [1.29, 1.82) is 21.0 Å². The molecule has 676 valence electrons. The van der Waals surface area contributed by atoms with Gasteiger partial charge in [0.1, 0.15) is 69.5 Å². The van der Waals surface area contributed by atoms with Crippen LogP contribution in [0.3, 0.4) is 0 Å². The monoisotopic (exact) mass is 1840 g/mol. The zero-order chi connectivity index (χ0) is 94.6. The topological polar surface area (TPSA) is 331 Å². The molecule has 4 aliphatic heterocycles. The number of nitrogens with one attached hydrogen (secondary N) is 4. The molecule has 0 saturated heterocycles. The Hall–Kier alpha value is -13.8. The van der Waals surface area contributed by atoms with Crippen LogP contribution in [-0.2, 0) is 8.23 Å². The van der Waals surface area contributed by atoms with Crippen LogP contribution in [0.4, 0.5) is 0 Å². The third kappa shape index (κ3) is 20.7. The molecule has 0 radical (unpaired) electrons. The summed E-state index contributed by atoms with van der Waals surface area (Å²) in [6.07, 6.45) is 25.5. The summed E-state index contributed by atoms with van der Waals surface area (Å²) in [5.74, 6) is 3.88. The first kappa shape index (κ1) is 94.8. The number of rotatable bonds is 28. The molecule has 134 heavy (non-hydrogen) atoms. The Balaban J connectivity index is 0.000000144. The number of aromatic amines is 4. The number of unbranched alkanes of at least 4 members (excludes halogenated alkanes) is 12. The van der Waals surface area contributed by atoms with Gasteiger partial charge in [-0.25, -0.2) is 59.8 Å². The summed E-state index contributed by atoms with van der Waals surface area (Å²) in [5, 5.41) is 50.8. The first-order chi connectivity index (χ1) is 64.7. The number of hydrogen-bond acceptors (Lipinski definition) is 18. The van der Waals surface area contributed by atoms with E-state index in [4.69, 9.17) is 68.0 Å². The molecule has 4 aliphatic rings. The molecule has 18 rings (SSSR count). The summed E-state index contributed by atoms with van der Waals surface area (Å²) in [6.45, 7) is 45.2. The molecule has 0 aliphatic carbocycles. The number of nitriles is 4. The van der Waals surface area contributed by atoms with Crippen molar-refractivity contribution in [3.63, 3.8) is 0 Å². The van der Waals surface area contributed by atoms with Gasteiger partial charge < -0.3 is 28.2 Å². The van der Waals surface area contributed by atoms with Crippen molar-refractivity contribution in [3.8, 4) is 115 Å². The highest BCUT2D eigenvalue weighted by Crippen LogP contribution is 2.42. The Morgan fingerprint density at radius 3 is 0.575 bits per heavy atom. The Morgan fingerprint density at radius 2 is 0.410 bits per heavy atom. The zero-order valence-corrected chi connectivity index (χ0v) is 83.1. The van der Waals surface area contributed by atoms with Crippen LogP contribution < -0.4 is 0 Å². The first-order valence-electron chi connectivity index (χ1n) is 47.0. The molecular formula is C108H116N20O2Si4. The standard InChI is InChI=1S/2C34H16N10.2C20H42OSi2/c2*35-15-17-13-25-26(14-18(17)16-36)34-43-32-24-12-6-4-10-22(24)30(41-32)39-28-20-8-2-1-7-19(20)27(37-28)38-29-21-9-3-5-11-23(21)31(40-29)42-33(25)44-34;2*1-9-11-13-15-17-19(3)22(5,6)21-23(7,8)20(4)18-16-14-12-10-2/h2*1-14H,(H2,37,38,39,40,41,42,43,44);2*3-4,9-18H2,1-2,5-8H3. The largest absolute Gasteiger partial charge is 0.449 e. The van der Waals surface area contributed by atoms with E-state index in [1.807, 2.05) is 146 Å². The fourth-order valence-corrected chi connectivity index (χ4v) is 33.2. The summed E-state index contributed by atoms with van der Waals surface area (Å²) in [7, 11) is -7.25. The lowest BCUT2D eigenvalue weighted by Crippen LogP contribution is -2.47. The van der Waals surface area contributed by atoms with E-state index in [9.17, 15) is 21.0 Å². The molecule has 0 amide bonds. The van der Waals surface area contributed by atoms with Crippen LogP contribution in [0.2, 0.25) is 52.4 Å². The maximum Gasteiger partial charge on any atom is 0.201 e. The van der Waals surface area contributed by atoms with Crippen molar-refractivity contribution >= 4 is 122 Å². The number of allylic oxidation sites excluding steroid dienone is 4. The lowest BCUT2D eigenvalue weighted by molar-refractivity contribution is 0.549. The summed E-state index contributed by atoms with van der Waals surface area (Å²) < 4.78 is 13.5. The minimum atomic E-state index is -1.81. The molecule has 22 nitrogen and oxygen atoms in total. The summed E-state index contributed by atoms with van der Waals surface area (Å²) in [5.41, 5.74) is 11.9. The van der Waals surface area contributed by atoms with Crippen molar-refractivity contribution in [3.05, 3.63) is 239 Å². The summed E-state index contributed by atoms with van der Waals surface area (Å²) >= 11 is 0. The minimum Gasteiger partial charge on any atom is -0.449 e. The third-order valence-corrected chi connectivity index (χ3v) is 41.6. The molecule has 10 heterocycles. The second-order valence-corrected chi connectivity index (χ2v) is 53.3. The van der Waals surface area contributed by atoms with E-state index in [2.05, 4.69) is 151 Å². The fraction of sp³-hybridized carbons (Fsp3) is 0.296.